The fraction of sp³-hybridized carbons (Fsp3) is 0.344. The third-order valence-electron chi connectivity index (χ3n) is 14.5. The minimum Gasteiger partial charge on any atom is -0.244 e. The molecule has 27 heteroatoms. The summed E-state index contributed by atoms with van der Waals surface area (Å²) < 4.78 is 343. The van der Waals surface area contributed by atoms with Crippen LogP contribution in [0.4, 0.5) is 105 Å². The number of aromatic nitrogens is 2. The smallest absolute Gasteiger partial charge is 0.244 e. The molecule has 1 aromatic heterocycles. The molecule has 0 atom stereocenters. The van der Waals surface area contributed by atoms with E-state index in [0.717, 1.165) is 12.2 Å². The topological polar surface area (TPSA) is 16.8 Å². The van der Waals surface area contributed by atoms with E-state index in [4.69, 9.17) is 0 Å². The Morgan fingerprint density at radius 3 is 0.932 bits per heavy atom. The highest BCUT2D eigenvalue weighted by Crippen LogP contribution is 2.42. The van der Waals surface area contributed by atoms with Crippen molar-refractivity contribution in [3.05, 3.63) is 202 Å². The molecule has 0 aliphatic rings. The quantitative estimate of drug-likeness (QED) is 0.0362. The van der Waals surface area contributed by atoms with Crippen molar-refractivity contribution in [3.8, 4) is 11.3 Å². The number of benzene rings is 6. The van der Waals surface area contributed by atoms with Gasteiger partial charge in [-0.05, 0) is 42.7 Å². The van der Waals surface area contributed by atoms with E-state index in [1.54, 1.807) is 0 Å². The molecule has 88 heavy (non-hydrogen) atoms. The van der Waals surface area contributed by atoms with Gasteiger partial charge in [0.05, 0.1) is 50.7 Å². The summed E-state index contributed by atoms with van der Waals surface area (Å²) in [6.07, 6.45) is -33.6. The van der Waals surface area contributed by atoms with Crippen LogP contribution in [-0.4, -0.2) is 11.1 Å². The zero-order chi connectivity index (χ0) is 65.5. The van der Waals surface area contributed by atoms with Gasteiger partial charge in [-0.3, -0.25) is 0 Å². The van der Waals surface area contributed by atoms with Gasteiger partial charge < -0.3 is 0 Å². The molecule has 0 bridgehead atoms. The molecular weight excluding hydrogens is 1230 g/mol. The monoisotopic (exact) mass is 1280 g/mol. The Labute approximate surface area is 488 Å². The van der Waals surface area contributed by atoms with Crippen molar-refractivity contribution >= 4 is 28.0 Å². The summed E-state index contributed by atoms with van der Waals surface area (Å²) in [4.78, 5) is 4.59. The van der Waals surface area contributed by atoms with E-state index in [1.165, 1.54) is 87.3 Å². The summed E-state index contributed by atoms with van der Waals surface area (Å²) in [5.74, 6) is 0. The maximum atomic E-state index is 14.2. The van der Waals surface area contributed by atoms with E-state index in [9.17, 15) is 105 Å². The van der Waals surface area contributed by atoms with Gasteiger partial charge in [-0.25, -0.2) is 4.98 Å². The molecule has 0 spiro atoms. The maximum Gasteiger partial charge on any atom is 0.416 e. The number of hydrogen-bond acceptors (Lipinski definition) is 1. The highest BCUT2D eigenvalue weighted by atomic mass is 19.4. The normalized spacial score (nSPS) is 13.1. The second-order valence-corrected chi connectivity index (χ2v) is 21.0. The minimum absolute atomic E-state index is 0.691. The Morgan fingerprint density at radius 2 is 0.636 bits per heavy atom. The number of hydrogen-bond donors (Lipinski definition) is 0. The first-order valence-electron chi connectivity index (χ1n) is 27.0. The lowest BCUT2D eigenvalue weighted by atomic mass is 9.12. The Balaban J connectivity index is 0.000000334. The minimum atomic E-state index is -6.13. The van der Waals surface area contributed by atoms with Crippen LogP contribution in [0.15, 0.2) is 146 Å². The molecule has 0 N–H and O–H groups in total. The Bertz CT molecular complexity index is 2990. The molecule has 1 heterocycles. The number of aryl methyl sites for hydroxylation is 1. The van der Waals surface area contributed by atoms with E-state index < -0.39 is 195 Å². The molecule has 0 fully saturated rings. The van der Waals surface area contributed by atoms with Gasteiger partial charge in [-0.15, -0.1) is 0 Å². The molecule has 0 unspecified atom stereocenters. The van der Waals surface area contributed by atoms with Crippen molar-refractivity contribution in [2.75, 3.05) is 0 Å². The van der Waals surface area contributed by atoms with Crippen LogP contribution in [0, 0.1) is 0 Å². The van der Waals surface area contributed by atoms with Crippen LogP contribution in [0.2, 0.25) is 0 Å². The summed E-state index contributed by atoms with van der Waals surface area (Å²) in [7, 11) is 0. The largest absolute Gasteiger partial charge is 0.416 e. The summed E-state index contributed by atoms with van der Waals surface area (Å²) in [5, 5.41) is 0. The fourth-order valence-corrected chi connectivity index (χ4v) is 10.2. The van der Waals surface area contributed by atoms with E-state index in [-0.39, 0.29) is 0 Å². The zero-order valence-corrected chi connectivity index (χ0v) is 45.9. The van der Waals surface area contributed by atoms with Gasteiger partial charge in [0.2, 0.25) is 0 Å². The van der Waals surface area contributed by atoms with Gasteiger partial charge in [0.1, 0.15) is 11.8 Å². The average Bonchev–Trinajstić information content (AvgIpc) is 0.717. The molecule has 0 saturated heterocycles. The van der Waals surface area contributed by atoms with Gasteiger partial charge in [0.25, 0.3) is 0 Å². The third-order valence-corrected chi connectivity index (χ3v) is 14.5. The molecule has 7 aromatic rings. The average molecular weight is 1280 g/mol. The van der Waals surface area contributed by atoms with Crippen LogP contribution in [0.5, 0.6) is 0 Å². The van der Waals surface area contributed by atoms with Crippen LogP contribution in [0.3, 0.4) is 0 Å². The van der Waals surface area contributed by atoms with Crippen molar-refractivity contribution in [2.45, 2.75) is 134 Å². The predicted octanol–water partition coefficient (Wildman–Crippen LogP) is 18.8. The van der Waals surface area contributed by atoms with Gasteiger partial charge in [0.15, 0.2) is 18.9 Å². The Hall–Kier alpha value is -7.22. The molecule has 0 amide bonds. The van der Waals surface area contributed by atoms with Gasteiger partial charge in [-0.2, -0.15) is 132 Å². The first-order valence-corrected chi connectivity index (χ1v) is 27.0. The zero-order valence-electron chi connectivity index (χ0n) is 45.9. The second-order valence-electron chi connectivity index (χ2n) is 21.0. The lowest BCUT2D eigenvalue weighted by molar-refractivity contribution is -0.688. The maximum absolute atomic E-state index is 14.2. The SMILES string of the molecule is CCCCCCCCCCCCc1ccc(-c2c[n+](Cc3ccccc3)ccn2)cc1.FC(F)(F)c1cc([B-](c2cc(C(F)(F)F)cc(C(F)(F)F)c2)(c2cc(C(F)(F)F)cc(C(F)(F)F)c2)c2cc(C(F)(F)F)cc(C(F)(F)F)c2)cc(C(F)(F)F)c1. The first kappa shape index (κ1) is 69.9. The lowest BCUT2D eigenvalue weighted by Gasteiger charge is -2.46. The van der Waals surface area contributed by atoms with Gasteiger partial charge >= 0.3 is 49.4 Å². The molecule has 2 nitrogen and oxygen atoms in total. The highest BCUT2D eigenvalue weighted by Gasteiger charge is 2.47. The Kier molecular flexibility index (Phi) is 21.6. The van der Waals surface area contributed by atoms with Crippen molar-refractivity contribution in [1.82, 2.24) is 4.98 Å². The molecule has 0 aliphatic heterocycles. The van der Waals surface area contributed by atoms with Gasteiger partial charge in [-0.1, -0.05) is 168 Å². The van der Waals surface area contributed by atoms with Crippen LogP contribution in [-0.2, 0) is 62.4 Å². The lowest BCUT2D eigenvalue weighted by Crippen LogP contribution is -2.75. The highest BCUT2D eigenvalue weighted by molar-refractivity contribution is 7.20. The standard InChI is InChI=1S/C32H12BF24.C29H39N2/c34-25(35,36)13-1-14(26(37,38)39)6-21(5-13)33(22-7-15(27(40,41)42)2-16(8-22)28(43,44)45,23-9-17(29(46,47)48)3-18(10-23)30(49,50)51)24-11-19(31(52,53)54)4-20(12-24)32(55,56)57;1-2-3-4-5-6-7-8-9-10-12-15-26-18-20-28(21-19-26)29-25-31(23-22-30-29)24-27-16-13-11-14-17-27/h1-12H;11,13-14,16-23,25H,2-10,12,15,24H2,1H3/q-1;+1. The van der Waals surface area contributed by atoms with Crippen molar-refractivity contribution in [2.24, 2.45) is 0 Å². The van der Waals surface area contributed by atoms with Crippen molar-refractivity contribution < 1.29 is 110 Å². The van der Waals surface area contributed by atoms with Crippen molar-refractivity contribution in [3.63, 3.8) is 0 Å². The number of rotatable bonds is 18. The number of alkyl halides is 24. The summed E-state index contributed by atoms with van der Waals surface area (Å²) in [5.41, 5.74) is -25.2. The van der Waals surface area contributed by atoms with Gasteiger partial charge in [0, 0.05) is 11.1 Å². The fourth-order valence-electron chi connectivity index (χ4n) is 10.2. The molecule has 6 aromatic carbocycles. The molecule has 7 rings (SSSR count). The number of halogens is 24. The molecule has 476 valence electrons. The number of nitrogens with zero attached hydrogens (tertiary/aromatic N) is 2. The summed E-state index contributed by atoms with van der Waals surface area (Å²) in [6.45, 7) is 3.15. The van der Waals surface area contributed by atoms with Crippen LogP contribution < -0.4 is 26.4 Å². The molecule has 0 radical (unpaired) electrons. The van der Waals surface area contributed by atoms with Crippen molar-refractivity contribution in [1.29, 1.82) is 0 Å². The second kappa shape index (κ2) is 27.3. The van der Waals surface area contributed by atoms with E-state index in [2.05, 4.69) is 77.3 Å². The van der Waals surface area contributed by atoms with Crippen LogP contribution in [0.25, 0.3) is 11.3 Å². The molecular formula is C61H51BF24N2. The first-order chi connectivity index (χ1) is 40.6. The van der Waals surface area contributed by atoms with Crippen LogP contribution in [0.1, 0.15) is 127 Å². The van der Waals surface area contributed by atoms with E-state index >= 15 is 0 Å². The molecule has 0 aliphatic carbocycles. The van der Waals surface area contributed by atoms with E-state index in [0.29, 0.717) is 0 Å². The molecule has 0 saturated carbocycles. The third kappa shape index (κ3) is 18.4. The summed E-state index contributed by atoms with van der Waals surface area (Å²) >= 11 is 0. The van der Waals surface area contributed by atoms with E-state index in [1.807, 2.05) is 12.4 Å². The van der Waals surface area contributed by atoms with Crippen LogP contribution >= 0.6 is 0 Å². The Morgan fingerprint density at radius 1 is 0.341 bits per heavy atom. The predicted molar refractivity (Wildman–Crippen MR) is 281 cm³/mol. The summed E-state index contributed by atoms with van der Waals surface area (Å²) in [6, 6.07) is 10.8. The number of unbranched alkanes of at least 4 members (excludes halogenated alkanes) is 9.